The van der Waals surface area contributed by atoms with Gasteiger partial charge in [0, 0.05) is 25.4 Å². The highest BCUT2D eigenvalue weighted by atomic mass is 32.1. The van der Waals surface area contributed by atoms with Crippen LogP contribution in [-0.2, 0) is 4.79 Å². The van der Waals surface area contributed by atoms with E-state index in [-0.39, 0.29) is 12.3 Å². The second-order valence-corrected chi connectivity index (χ2v) is 8.17. The van der Waals surface area contributed by atoms with Gasteiger partial charge in [0.2, 0.25) is 0 Å². The maximum atomic E-state index is 12.9. The highest BCUT2D eigenvalue weighted by Gasteiger charge is 2.29. The first-order chi connectivity index (χ1) is 11.5. The maximum Gasteiger partial charge on any atom is 0.303 e. The van der Waals surface area contributed by atoms with Crippen LogP contribution in [0.5, 0.6) is 0 Å². The van der Waals surface area contributed by atoms with Crippen molar-refractivity contribution in [3.8, 4) is 0 Å². The van der Waals surface area contributed by atoms with E-state index in [2.05, 4.69) is 4.98 Å². The molecule has 1 amide bonds. The molecule has 1 atom stereocenters. The van der Waals surface area contributed by atoms with Gasteiger partial charge >= 0.3 is 5.97 Å². The third-order valence-electron chi connectivity index (χ3n) is 5.28. The van der Waals surface area contributed by atoms with E-state index >= 15 is 0 Å². The summed E-state index contributed by atoms with van der Waals surface area (Å²) in [7, 11) is 0. The Morgan fingerprint density at radius 1 is 1.25 bits per heavy atom. The molecule has 0 unspecified atom stereocenters. The molecule has 6 heteroatoms. The minimum Gasteiger partial charge on any atom is -0.481 e. The second-order valence-electron chi connectivity index (χ2n) is 7.14. The zero-order valence-electron chi connectivity index (χ0n) is 14.3. The third kappa shape index (κ3) is 3.97. The van der Waals surface area contributed by atoms with Crippen LogP contribution in [0.1, 0.15) is 77.7 Å². The zero-order chi connectivity index (χ0) is 17.1. The lowest BCUT2D eigenvalue weighted by atomic mass is 9.93. The predicted molar refractivity (Wildman–Crippen MR) is 93.6 cm³/mol. The van der Waals surface area contributed by atoms with Gasteiger partial charge in [-0.2, -0.15) is 0 Å². The number of aromatic nitrogens is 1. The van der Waals surface area contributed by atoms with Crippen LogP contribution in [0, 0.1) is 12.8 Å². The van der Waals surface area contributed by atoms with Crippen molar-refractivity contribution in [3.63, 3.8) is 0 Å². The molecule has 1 aromatic heterocycles. The number of nitrogens with zero attached hydrogens (tertiary/aromatic N) is 2. The predicted octanol–water partition coefficient (Wildman–Crippen LogP) is 3.83. The van der Waals surface area contributed by atoms with Gasteiger partial charge in [0.15, 0.2) is 0 Å². The largest absolute Gasteiger partial charge is 0.481 e. The van der Waals surface area contributed by atoms with Crippen molar-refractivity contribution in [1.82, 2.24) is 9.88 Å². The first-order valence-corrected chi connectivity index (χ1v) is 9.84. The van der Waals surface area contributed by atoms with Crippen LogP contribution in [0.3, 0.4) is 0 Å². The minimum absolute atomic E-state index is 0.0919. The van der Waals surface area contributed by atoms with Gasteiger partial charge in [-0.05, 0) is 44.9 Å². The van der Waals surface area contributed by atoms with E-state index < -0.39 is 5.97 Å². The Kier molecular flexibility index (Phi) is 5.54. The van der Waals surface area contributed by atoms with Crippen LogP contribution in [-0.4, -0.2) is 40.0 Å². The Hall–Kier alpha value is -1.43. The summed E-state index contributed by atoms with van der Waals surface area (Å²) < 4.78 is 0. The maximum absolute atomic E-state index is 12.9. The van der Waals surface area contributed by atoms with Crippen molar-refractivity contribution < 1.29 is 14.7 Å². The number of amides is 1. The molecule has 1 aliphatic carbocycles. The number of aliphatic carboxylic acids is 1. The van der Waals surface area contributed by atoms with Gasteiger partial charge in [0.1, 0.15) is 4.88 Å². The Morgan fingerprint density at radius 2 is 2.00 bits per heavy atom. The first kappa shape index (κ1) is 17.4. The number of thiazole rings is 1. The quantitative estimate of drug-likeness (QED) is 0.876. The van der Waals surface area contributed by atoms with Crippen molar-refractivity contribution in [1.29, 1.82) is 0 Å². The molecule has 0 bridgehead atoms. The average molecular weight is 350 g/mol. The molecule has 1 N–H and O–H groups in total. The van der Waals surface area contributed by atoms with E-state index in [0.29, 0.717) is 24.8 Å². The molecule has 2 aliphatic rings. The lowest BCUT2D eigenvalue weighted by molar-refractivity contribution is -0.137. The van der Waals surface area contributed by atoms with Crippen LogP contribution in [0.25, 0.3) is 0 Å². The number of carboxylic acids is 1. The van der Waals surface area contributed by atoms with E-state index in [4.69, 9.17) is 5.11 Å². The van der Waals surface area contributed by atoms with E-state index in [9.17, 15) is 9.59 Å². The van der Waals surface area contributed by atoms with Crippen LogP contribution < -0.4 is 0 Å². The van der Waals surface area contributed by atoms with E-state index in [1.54, 1.807) is 11.3 Å². The molecule has 0 radical (unpaired) electrons. The van der Waals surface area contributed by atoms with E-state index in [1.165, 1.54) is 25.7 Å². The van der Waals surface area contributed by atoms with Crippen molar-refractivity contribution in [3.05, 3.63) is 15.6 Å². The molecule has 2 fully saturated rings. The molecule has 1 aromatic rings. The summed E-state index contributed by atoms with van der Waals surface area (Å²) in [4.78, 5) is 31.1. The topological polar surface area (TPSA) is 70.5 Å². The number of rotatable bonds is 5. The molecule has 3 rings (SSSR count). The summed E-state index contributed by atoms with van der Waals surface area (Å²) >= 11 is 1.58. The Labute approximate surface area is 147 Å². The molecule has 5 nitrogen and oxygen atoms in total. The van der Waals surface area contributed by atoms with Crippen molar-refractivity contribution >= 4 is 23.2 Å². The number of aryl methyl sites for hydroxylation is 1. The fourth-order valence-electron chi connectivity index (χ4n) is 3.92. The first-order valence-electron chi connectivity index (χ1n) is 9.03. The van der Waals surface area contributed by atoms with Crippen LogP contribution in [0.2, 0.25) is 0 Å². The van der Waals surface area contributed by atoms with Crippen LogP contribution >= 0.6 is 11.3 Å². The molecule has 132 valence electrons. The molecule has 2 heterocycles. The van der Waals surface area contributed by atoms with Crippen LogP contribution in [0.4, 0.5) is 0 Å². The van der Waals surface area contributed by atoms with E-state index in [0.717, 1.165) is 35.0 Å². The monoisotopic (exact) mass is 350 g/mol. The third-order valence-corrected chi connectivity index (χ3v) is 6.59. The molecule has 1 aliphatic heterocycles. The van der Waals surface area contributed by atoms with Gasteiger partial charge in [-0.15, -0.1) is 11.3 Å². The number of likely N-dealkylation sites (tertiary alicyclic amines) is 1. The number of carbonyl (C=O) groups is 2. The number of hydrogen-bond donors (Lipinski definition) is 1. The van der Waals surface area contributed by atoms with E-state index in [1.807, 2.05) is 11.8 Å². The van der Waals surface area contributed by atoms with Gasteiger partial charge in [0.05, 0.1) is 10.7 Å². The average Bonchev–Trinajstić information content (AvgIpc) is 3.22. The van der Waals surface area contributed by atoms with Gasteiger partial charge < -0.3 is 10.0 Å². The summed E-state index contributed by atoms with van der Waals surface area (Å²) in [5.41, 5.74) is 0.861. The van der Waals surface area contributed by atoms with Gasteiger partial charge in [-0.25, -0.2) is 4.98 Å². The number of carbonyl (C=O) groups excluding carboxylic acids is 1. The molecule has 1 saturated heterocycles. The fraction of sp³-hybridized carbons (Fsp3) is 0.722. The minimum atomic E-state index is -0.752. The highest BCUT2D eigenvalue weighted by Crippen LogP contribution is 2.37. The Morgan fingerprint density at radius 3 is 2.71 bits per heavy atom. The number of hydrogen-bond acceptors (Lipinski definition) is 4. The number of carboxylic acid groups (broad SMARTS) is 1. The fourth-order valence-corrected chi connectivity index (χ4v) is 5.12. The Bertz CT molecular complexity index is 607. The lowest BCUT2D eigenvalue weighted by Gasteiger charge is -2.32. The summed E-state index contributed by atoms with van der Waals surface area (Å²) in [5.74, 6) is 0.188. The van der Waals surface area contributed by atoms with Crippen molar-refractivity contribution in [2.45, 2.75) is 64.2 Å². The normalized spacial score (nSPS) is 22.0. The lowest BCUT2D eigenvalue weighted by Crippen LogP contribution is -2.40. The van der Waals surface area contributed by atoms with Crippen molar-refractivity contribution in [2.75, 3.05) is 13.1 Å². The highest BCUT2D eigenvalue weighted by molar-refractivity contribution is 7.13. The molecular formula is C18H26N2O3S. The summed E-state index contributed by atoms with van der Waals surface area (Å²) in [6.45, 7) is 3.40. The smallest absolute Gasteiger partial charge is 0.303 e. The van der Waals surface area contributed by atoms with Gasteiger partial charge in [-0.3, -0.25) is 9.59 Å². The SMILES string of the molecule is Cc1nc(C2CCCC2)sc1C(=O)N1CCC[C@H](CCC(=O)O)C1. The number of piperidine rings is 1. The second kappa shape index (κ2) is 7.64. The Balaban J connectivity index is 1.66. The molecule has 0 spiro atoms. The molecular weight excluding hydrogens is 324 g/mol. The summed E-state index contributed by atoms with van der Waals surface area (Å²) in [5, 5.41) is 9.99. The molecule has 0 aromatic carbocycles. The molecule has 1 saturated carbocycles. The standard InChI is InChI=1S/C18H26N2O3S/c1-12-16(24-17(19-12)14-6-2-3-7-14)18(23)20-10-4-5-13(11-20)8-9-15(21)22/h13-14H,2-11H2,1H3,(H,21,22)/t13-/m1/s1. The summed E-state index contributed by atoms with van der Waals surface area (Å²) in [6, 6.07) is 0. The molecule has 24 heavy (non-hydrogen) atoms. The van der Waals surface area contributed by atoms with Gasteiger partial charge in [-0.1, -0.05) is 12.8 Å². The zero-order valence-corrected chi connectivity index (χ0v) is 15.1. The van der Waals surface area contributed by atoms with Gasteiger partial charge in [0.25, 0.3) is 5.91 Å². The van der Waals surface area contributed by atoms with Crippen LogP contribution in [0.15, 0.2) is 0 Å². The summed E-state index contributed by atoms with van der Waals surface area (Å²) in [6.07, 6.45) is 7.76. The van der Waals surface area contributed by atoms with Crippen molar-refractivity contribution in [2.24, 2.45) is 5.92 Å².